The van der Waals surface area contributed by atoms with Gasteiger partial charge in [-0.2, -0.15) is 0 Å². The zero-order chi connectivity index (χ0) is 38.6. The molecule has 0 spiro atoms. The molecule has 0 aliphatic heterocycles. The first kappa shape index (κ1) is 37.6. The van der Waals surface area contributed by atoms with Gasteiger partial charge in [-0.05, 0) is 98.6 Å². The van der Waals surface area contributed by atoms with Crippen molar-refractivity contribution in [2.24, 2.45) is 5.41 Å². The average Bonchev–Trinajstić information content (AvgIpc) is 3.03. The minimum Gasteiger partial charge on any atom is -0.463 e. The number of aryl methyl sites for hydroxylation is 2. The van der Waals surface area contributed by atoms with Crippen LogP contribution >= 0.6 is 0 Å². The van der Waals surface area contributed by atoms with Crippen LogP contribution in [-0.2, 0) is 14.3 Å². The van der Waals surface area contributed by atoms with Crippen molar-refractivity contribution in [1.29, 1.82) is 0 Å². The van der Waals surface area contributed by atoms with Gasteiger partial charge in [-0.3, -0.25) is 24.0 Å². The Balaban J connectivity index is 1.99. The lowest BCUT2D eigenvalue weighted by Crippen LogP contribution is -2.29. The first-order chi connectivity index (χ1) is 24.2. The van der Waals surface area contributed by atoms with Crippen molar-refractivity contribution < 1.29 is 47.0 Å². The topological polar surface area (TPSA) is 166 Å². The summed E-state index contributed by atoms with van der Waals surface area (Å²) in [5, 5.41) is -0.169. The summed E-state index contributed by atoms with van der Waals surface area (Å²) in [7, 11) is 1.36. The SMILES string of the molecule is COCOc1cc2occ(-c3c(C(C)=O)cc4c(=O)c5cc(C)c(C)cc5oc4c3C(C)=O)c(=O)c2c(C(=O)OC(C)(C)C)c1OC(=O)C(C)(C)C. The molecule has 3 aromatic carbocycles. The summed E-state index contributed by atoms with van der Waals surface area (Å²) >= 11 is 0. The van der Waals surface area contributed by atoms with Crippen LogP contribution in [0.5, 0.6) is 11.5 Å². The van der Waals surface area contributed by atoms with Gasteiger partial charge >= 0.3 is 11.9 Å². The van der Waals surface area contributed by atoms with E-state index in [0.29, 0.717) is 0 Å². The normalized spacial score (nSPS) is 12.0. The molecule has 0 aliphatic rings. The number of benzene rings is 3. The fraction of sp³-hybridized carbons (Fsp3) is 0.350. The van der Waals surface area contributed by atoms with Gasteiger partial charge in [0, 0.05) is 24.3 Å². The third-order valence-electron chi connectivity index (χ3n) is 8.30. The third kappa shape index (κ3) is 6.85. The van der Waals surface area contributed by atoms with Crippen LogP contribution in [0.25, 0.3) is 44.0 Å². The number of rotatable bonds is 8. The molecule has 0 saturated heterocycles. The Hall–Kier alpha value is -5.62. The fourth-order valence-electron chi connectivity index (χ4n) is 5.66. The zero-order valence-electron chi connectivity index (χ0n) is 31.0. The Morgan fingerprint density at radius 3 is 2.02 bits per heavy atom. The van der Waals surface area contributed by atoms with Crippen molar-refractivity contribution in [3.05, 3.63) is 78.8 Å². The van der Waals surface area contributed by atoms with Gasteiger partial charge in [0.15, 0.2) is 29.9 Å². The Morgan fingerprint density at radius 1 is 0.788 bits per heavy atom. The number of carbonyl (C=O) groups is 4. The third-order valence-corrected chi connectivity index (χ3v) is 8.30. The van der Waals surface area contributed by atoms with Gasteiger partial charge < -0.3 is 27.8 Å². The van der Waals surface area contributed by atoms with E-state index in [1.54, 1.807) is 53.7 Å². The van der Waals surface area contributed by atoms with Gasteiger partial charge in [0.05, 0.1) is 32.7 Å². The molecule has 2 aromatic heterocycles. The number of hydrogen-bond donors (Lipinski definition) is 0. The number of ether oxygens (including phenoxy) is 4. The van der Waals surface area contributed by atoms with Crippen LogP contribution in [0.2, 0.25) is 0 Å². The number of ketones is 2. The van der Waals surface area contributed by atoms with E-state index in [9.17, 15) is 28.8 Å². The minimum atomic E-state index is -1.07. The van der Waals surface area contributed by atoms with Crippen LogP contribution in [0.3, 0.4) is 0 Å². The summed E-state index contributed by atoms with van der Waals surface area (Å²) in [5.41, 5.74) is -3.25. The molecule has 5 aromatic rings. The number of carbonyl (C=O) groups excluding carboxylic acids is 4. The molecule has 0 fully saturated rings. The standard InChI is InChI=1S/C40H40O12/c1-18-12-23-26(13-19(18)2)50-35-24(33(23)43)14-22(20(3)41)30(29(35)21(4)42)25-16-48-27-15-28(49-17-47-11)36(51-38(46)39(5,6)7)32(31(27)34(25)44)37(45)52-40(8,9)10/h12-16H,17H2,1-11H3. The minimum absolute atomic E-state index is 0.0363. The quantitative estimate of drug-likeness (QED) is 0.0508. The van der Waals surface area contributed by atoms with Crippen molar-refractivity contribution in [3.63, 3.8) is 0 Å². The number of fused-ring (bicyclic) bond motifs is 3. The molecule has 0 saturated carbocycles. The summed E-state index contributed by atoms with van der Waals surface area (Å²) in [4.78, 5) is 82.9. The predicted octanol–water partition coefficient (Wildman–Crippen LogP) is 7.63. The Labute approximate surface area is 298 Å². The van der Waals surface area contributed by atoms with Crippen LogP contribution in [0, 0.1) is 19.3 Å². The van der Waals surface area contributed by atoms with Crippen molar-refractivity contribution >= 4 is 56.4 Å². The summed E-state index contributed by atoms with van der Waals surface area (Å²) in [6, 6.07) is 5.90. The van der Waals surface area contributed by atoms with Crippen LogP contribution in [0.4, 0.5) is 0 Å². The van der Waals surface area contributed by atoms with Gasteiger partial charge in [-0.1, -0.05) is 0 Å². The second-order valence-electron chi connectivity index (χ2n) is 14.6. The maximum absolute atomic E-state index is 14.8. The highest BCUT2D eigenvalue weighted by atomic mass is 16.7. The lowest BCUT2D eigenvalue weighted by Gasteiger charge is -2.23. The molecule has 0 N–H and O–H groups in total. The molecule has 52 heavy (non-hydrogen) atoms. The molecule has 272 valence electrons. The summed E-state index contributed by atoms with van der Waals surface area (Å²) < 4.78 is 34.4. The molecule has 0 bridgehead atoms. The van der Waals surface area contributed by atoms with Gasteiger partial charge in [-0.15, -0.1) is 0 Å². The molecule has 12 nitrogen and oxygen atoms in total. The second kappa shape index (κ2) is 13.5. The second-order valence-corrected chi connectivity index (χ2v) is 14.6. The van der Waals surface area contributed by atoms with E-state index in [1.807, 2.05) is 13.8 Å². The zero-order valence-corrected chi connectivity index (χ0v) is 31.0. The van der Waals surface area contributed by atoms with Crippen LogP contribution in [0.1, 0.15) is 97.6 Å². The molecule has 0 aliphatic carbocycles. The fourth-order valence-corrected chi connectivity index (χ4v) is 5.66. The largest absolute Gasteiger partial charge is 0.463 e. The number of Topliss-reactive ketones (excluding diaryl/α,β-unsaturated/α-hetero) is 2. The molecular weight excluding hydrogens is 672 g/mol. The van der Waals surface area contributed by atoms with Crippen molar-refractivity contribution in [3.8, 4) is 22.6 Å². The summed E-state index contributed by atoms with van der Waals surface area (Å²) in [6.45, 7) is 15.4. The monoisotopic (exact) mass is 712 g/mol. The van der Waals surface area contributed by atoms with Crippen molar-refractivity contribution in [1.82, 2.24) is 0 Å². The lowest BCUT2D eigenvalue weighted by molar-refractivity contribution is -0.143. The number of hydrogen-bond acceptors (Lipinski definition) is 12. The van der Waals surface area contributed by atoms with Crippen LogP contribution in [0.15, 0.2) is 49.0 Å². The lowest BCUT2D eigenvalue weighted by atomic mass is 9.88. The molecule has 2 heterocycles. The highest BCUT2D eigenvalue weighted by molar-refractivity contribution is 6.18. The van der Waals surface area contributed by atoms with Crippen molar-refractivity contribution in [2.45, 2.75) is 74.8 Å². The predicted molar refractivity (Wildman–Crippen MR) is 194 cm³/mol. The average molecular weight is 713 g/mol. The summed E-state index contributed by atoms with van der Waals surface area (Å²) in [6.07, 6.45) is 1.04. The van der Waals surface area contributed by atoms with E-state index < -0.39 is 56.7 Å². The number of methoxy groups -OCH3 is 1. The van der Waals surface area contributed by atoms with Gasteiger partial charge in [0.2, 0.25) is 10.9 Å². The molecular formula is C40H40O12. The van der Waals surface area contributed by atoms with Crippen molar-refractivity contribution in [2.75, 3.05) is 13.9 Å². The van der Waals surface area contributed by atoms with Gasteiger partial charge in [-0.25, -0.2) is 4.79 Å². The maximum Gasteiger partial charge on any atom is 0.343 e. The highest BCUT2D eigenvalue weighted by Crippen LogP contribution is 2.41. The van der Waals surface area contributed by atoms with E-state index in [0.717, 1.165) is 17.4 Å². The van der Waals surface area contributed by atoms with Gasteiger partial charge in [0.1, 0.15) is 34.2 Å². The first-order valence-corrected chi connectivity index (χ1v) is 16.4. The highest BCUT2D eigenvalue weighted by Gasteiger charge is 2.35. The van der Waals surface area contributed by atoms with E-state index >= 15 is 0 Å². The van der Waals surface area contributed by atoms with E-state index in [4.69, 9.17) is 27.8 Å². The van der Waals surface area contributed by atoms with Gasteiger partial charge in [0.25, 0.3) is 0 Å². The maximum atomic E-state index is 14.8. The number of esters is 2. The smallest absolute Gasteiger partial charge is 0.343 e. The molecule has 12 heteroatoms. The van der Waals surface area contributed by atoms with Crippen LogP contribution < -0.4 is 20.3 Å². The molecule has 0 amide bonds. The molecule has 5 rings (SSSR count). The van der Waals surface area contributed by atoms with E-state index in [2.05, 4.69) is 0 Å². The van der Waals surface area contributed by atoms with Crippen LogP contribution in [-0.4, -0.2) is 43.0 Å². The Bertz CT molecular complexity index is 2460. The Morgan fingerprint density at radius 2 is 1.44 bits per heavy atom. The van der Waals surface area contributed by atoms with E-state index in [1.165, 1.54) is 33.1 Å². The molecule has 0 unspecified atom stereocenters. The van der Waals surface area contributed by atoms with E-state index in [-0.39, 0.29) is 67.7 Å². The summed E-state index contributed by atoms with van der Waals surface area (Å²) in [5.74, 6) is -3.61. The molecule has 0 radical (unpaired) electrons. The Kier molecular flexibility index (Phi) is 9.77. The molecule has 0 atom stereocenters. The first-order valence-electron chi connectivity index (χ1n) is 16.4.